The minimum Gasteiger partial charge on any atom is -0.314 e. The van der Waals surface area contributed by atoms with Gasteiger partial charge < -0.3 is 9.80 Å². The predicted molar refractivity (Wildman–Crippen MR) is 228 cm³/mol. The molecule has 6 aromatic carbocycles. The zero-order valence-electron chi connectivity index (χ0n) is 31.6. The van der Waals surface area contributed by atoms with Gasteiger partial charge in [-0.25, -0.2) is 0 Å². The molecule has 2 unspecified atom stereocenters. The summed E-state index contributed by atoms with van der Waals surface area (Å²) in [5.74, 6) is 1.43. The fourth-order valence-corrected chi connectivity index (χ4v) is 12.2. The maximum absolute atomic E-state index is 2.77. The third kappa shape index (κ3) is 4.82. The molecule has 53 heavy (non-hydrogen) atoms. The number of nitrogens with zero attached hydrogens (tertiary/aromatic N) is 2. The third-order valence-electron chi connectivity index (χ3n) is 12.1. The van der Waals surface area contributed by atoms with E-state index in [-0.39, 0.29) is 12.9 Å². The van der Waals surface area contributed by atoms with Gasteiger partial charge in [0.1, 0.15) is 6.17 Å². The van der Waals surface area contributed by atoms with E-state index in [9.17, 15) is 0 Å². The molecule has 0 aliphatic carbocycles. The zero-order chi connectivity index (χ0) is 36.3. The highest BCUT2D eigenvalue weighted by Crippen LogP contribution is 2.63. The van der Waals surface area contributed by atoms with Gasteiger partial charge >= 0.3 is 0 Å². The number of para-hydroxylation sites is 3. The van der Waals surface area contributed by atoms with Gasteiger partial charge in [0.2, 0.25) is 6.71 Å². The highest BCUT2D eigenvalue weighted by molar-refractivity contribution is 8.01. The van der Waals surface area contributed by atoms with Crippen molar-refractivity contribution in [3.8, 4) is 0 Å². The van der Waals surface area contributed by atoms with Crippen LogP contribution in [-0.4, -0.2) is 6.71 Å². The van der Waals surface area contributed by atoms with Crippen LogP contribution in [0.2, 0.25) is 0 Å². The van der Waals surface area contributed by atoms with Crippen LogP contribution in [0.5, 0.6) is 0 Å². The second kappa shape index (κ2) is 12.4. The second-order valence-corrected chi connectivity index (χ2v) is 18.4. The topological polar surface area (TPSA) is 6.48 Å². The fraction of sp³-hybridized carbons (Fsp3) is 0.250. The zero-order valence-corrected chi connectivity index (χ0v) is 33.3. The number of fused-ring (bicyclic) bond motifs is 6. The Morgan fingerprint density at radius 3 is 1.57 bits per heavy atom. The van der Waals surface area contributed by atoms with Crippen molar-refractivity contribution in [3.05, 3.63) is 149 Å². The molecule has 4 heterocycles. The molecule has 0 radical (unpaired) electrons. The van der Waals surface area contributed by atoms with Crippen LogP contribution < -0.4 is 26.2 Å². The van der Waals surface area contributed by atoms with Gasteiger partial charge in [-0.15, -0.1) is 0 Å². The van der Waals surface area contributed by atoms with Crippen LogP contribution in [0.1, 0.15) is 112 Å². The molecular formula is C48H45BN2S2. The first-order valence-electron chi connectivity index (χ1n) is 19.4. The van der Waals surface area contributed by atoms with E-state index in [1.807, 2.05) is 23.5 Å². The summed E-state index contributed by atoms with van der Waals surface area (Å²) in [5, 5.41) is 0. The van der Waals surface area contributed by atoms with E-state index in [0.717, 1.165) is 0 Å². The van der Waals surface area contributed by atoms with E-state index in [0.29, 0.717) is 23.7 Å². The van der Waals surface area contributed by atoms with E-state index < -0.39 is 0 Å². The Hall–Kier alpha value is -4.32. The number of hydrogen-bond donors (Lipinski definition) is 0. The van der Waals surface area contributed by atoms with Gasteiger partial charge in [0.05, 0.1) is 22.7 Å². The van der Waals surface area contributed by atoms with Crippen LogP contribution >= 0.6 is 23.5 Å². The molecule has 0 spiro atoms. The summed E-state index contributed by atoms with van der Waals surface area (Å²) in [6, 6.07) is 44.6. The molecule has 0 bridgehead atoms. The molecule has 4 aliphatic rings. The molecule has 0 saturated carbocycles. The Balaban J connectivity index is 1.30. The quantitative estimate of drug-likeness (QED) is 0.163. The molecule has 262 valence electrons. The average molecular weight is 725 g/mol. The monoisotopic (exact) mass is 724 g/mol. The molecule has 0 saturated heterocycles. The van der Waals surface area contributed by atoms with E-state index in [2.05, 4.69) is 174 Å². The van der Waals surface area contributed by atoms with Crippen LogP contribution in [0.25, 0.3) is 0 Å². The van der Waals surface area contributed by atoms with Gasteiger partial charge in [-0.1, -0.05) is 168 Å². The molecule has 4 aliphatic heterocycles. The Labute approximate surface area is 324 Å². The summed E-state index contributed by atoms with van der Waals surface area (Å²) >= 11 is 3.93. The van der Waals surface area contributed by atoms with Crippen LogP contribution in [0.4, 0.5) is 22.7 Å². The Bertz CT molecular complexity index is 2370. The predicted octanol–water partition coefficient (Wildman–Crippen LogP) is 12.0. The van der Waals surface area contributed by atoms with Crippen molar-refractivity contribution in [2.75, 3.05) is 9.80 Å². The lowest BCUT2D eigenvalue weighted by Gasteiger charge is -2.42. The molecule has 0 fully saturated rings. The highest BCUT2D eigenvalue weighted by atomic mass is 32.2. The second-order valence-electron chi connectivity index (χ2n) is 16.2. The van der Waals surface area contributed by atoms with Crippen LogP contribution in [0.3, 0.4) is 0 Å². The number of hydrogen-bond acceptors (Lipinski definition) is 4. The van der Waals surface area contributed by atoms with Crippen LogP contribution in [0.15, 0.2) is 135 Å². The Kier molecular flexibility index (Phi) is 7.76. The van der Waals surface area contributed by atoms with Gasteiger partial charge in [0, 0.05) is 25.5 Å². The summed E-state index contributed by atoms with van der Waals surface area (Å²) in [6.07, 6.45) is -0.0646. The summed E-state index contributed by atoms with van der Waals surface area (Å²) < 4.78 is 0. The van der Waals surface area contributed by atoms with E-state index in [1.165, 1.54) is 92.1 Å². The minimum absolute atomic E-state index is 0.0646. The lowest BCUT2D eigenvalue weighted by atomic mass is 9.36. The summed E-state index contributed by atoms with van der Waals surface area (Å²) in [6.45, 7) is 16.8. The van der Waals surface area contributed by atoms with Gasteiger partial charge in [0.25, 0.3) is 0 Å². The number of rotatable bonds is 5. The SMILES string of the molecule is CC(C)c1cccc(C(C)C)c1N1c2cccc3c2N(c2c(C(C)C)cccc2C3C)C1c1cc2c3c(c1)Sc1ccccc1B3c1ccccc1S2. The molecule has 10 rings (SSSR count). The molecule has 2 atom stereocenters. The van der Waals surface area contributed by atoms with Crippen molar-refractivity contribution >= 4 is 69.4 Å². The smallest absolute Gasteiger partial charge is 0.247 e. The average Bonchev–Trinajstić information content (AvgIpc) is 3.51. The molecule has 0 aromatic heterocycles. The molecule has 0 N–H and O–H groups in total. The lowest BCUT2D eigenvalue weighted by molar-refractivity contribution is 0.700. The lowest BCUT2D eigenvalue weighted by Crippen LogP contribution is -2.58. The van der Waals surface area contributed by atoms with Crippen LogP contribution in [0, 0.1) is 0 Å². The van der Waals surface area contributed by atoms with Crippen molar-refractivity contribution in [3.63, 3.8) is 0 Å². The maximum Gasteiger partial charge on any atom is 0.247 e. The molecule has 6 aromatic rings. The van der Waals surface area contributed by atoms with Gasteiger partial charge in [0.15, 0.2) is 0 Å². The highest BCUT2D eigenvalue weighted by Gasteiger charge is 2.48. The fourth-order valence-electron chi connectivity index (χ4n) is 9.69. The summed E-state index contributed by atoms with van der Waals surface area (Å²) in [5.41, 5.74) is 18.3. The molecular weight excluding hydrogens is 679 g/mol. The van der Waals surface area contributed by atoms with Crippen molar-refractivity contribution in [2.45, 2.75) is 97.9 Å². The van der Waals surface area contributed by atoms with Crippen LogP contribution in [-0.2, 0) is 0 Å². The van der Waals surface area contributed by atoms with Crippen molar-refractivity contribution in [1.29, 1.82) is 0 Å². The van der Waals surface area contributed by atoms with Crippen molar-refractivity contribution in [1.82, 2.24) is 0 Å². The molecule has 5 heteroatoms. The summed E-state index contributed by atoms with van der Waals surface area (Å²) in [4.78, 5) is 11.1. The van der Waals surface area contributed by atoms with E-state index in [1.54, 1.807) is 0 Å². The standard InChI is InChI=1S/C48H45BN2S2/c1-27(2)32-15-12-16-33(28(3)4)45(32)50-39-22-14-19-36-30(7)35-18-13-17-34(29(5)6)46(35)51(47(36)39)48(50)31-25-42-44-43(26-31)53-41-24-11-9-21-38(41)49(44)37-20-8-10-23-40(37)52-42/h8-30,48H,1-7H3. The third-order valence-corrected chi connectivity index (χ3v) is 14.4. The molecule has 0 amide bonds. The first-order chi connectivity index (χ1) is 25.7. The Morgan fingerprint density at radius 2 is 1.00 bits per heavy atom. The van der Waals surface area contributed by atoms with Gasteiger partial charge in [-0.3, -0.25) is 0 Å². The van der Waals surface area contributed by atoms with E-state index >= 15 is 0 Å². The molecule has 2 nitrogen and oxygen atoms in total. The first kappa shape index (κ1) is 33.3. The van der Waals surface area contributed by atoms with Gasteiger partial charge in [-0.05, 0) is 86.9 Å². The largest absolute Gasteiger partial charge is 0.314 e. The maximum atomic E-state index is 2.77. The van der Waals surface area contributed by atoms with E-state index in [4.69, 9.17) is 0 Å². The van der Waals surface area contributed by atoms with Crippen molar-refractivity contribution < 1.29 is 0 Å². The van der Waals surface area contributed by atoms with Gasteiger partial charge in [-0.2, -0.15) is 0 Å². The number of benzene rings is 6. The number of anilines is 4. The van der Waals surface area contributed by atoms with Crippen molar-refractivity contribution in [2.24, 2.45) is 0 Å². The minimum atomic E-state index is -0.0646. The normalized spacial score (nSPS) is 17.6. The summed E-state index contributed by atoms with van der Waals surface area (Å²) in [7, 11) is 0. The first-order valence-corrected chi connectivity index (χ1v) is 21.0. The Morgan fingerprint density at radius 1 is 0.509 bits per heavy atom.